The first-order valence-electron chi connectivity index (χ1n) is 5.97. The van der Waals surface area contributed by atoms with E-state index in [1.807, 2.05) is 12.1 Å². The molecule has 1 atom stereocenters. The van der Waals surface area contributed by atoms with E-state index in [1.54, 1.807) is 23.6 Å². The molecule has 0 spiro atoms. The molecule has 1 aliphatic rings. The van der Waals surface area contributed by atoms with Crippen LogP contribution in [0.25, 0.3) is 0 Å². The van der Waals surface area contributed by atoms with Crippen LogP contribution in [0.2, 0.25) is 0 Å². The third-order valence-electron chi connectivity index (χ3n) is 3.26. The molecule has 2 N–H and O–H groups in total. The van der Waals surface area contributed by atoms with Gasteiger partial charge in [0.1, 0.15) is 10.3 Å². The average Bonchev–Trinajstić information content (AvgIpc) is 3.06. The molecule has 2 heterocycles. The molecule has 0 radical (unpaired) electrons. The lowest BCUT2D eigenvalue weighted by Crippen LogP contribution is -2.45. The van der Waals surface area contributed by atoms with Crippen molar-refractivity contribution in [2.45, 2.75) is 16.7 Å². The number of hydrogen-bond donors (Lipinski definition) is 1. The molecule has 0 saturated heterocycles. The van der Waals surface area contributed by atoms with Crippen LogP contribution in [0.15, 0.2) is 46.0 Å². The Kier molecular flexibility index (Phi) is 3.02. The number of amides is 1. The standard InChI is InChI=1S/C13H12N2O3S2/c14-13(16)11-8-9-4-1-2-5-10(9)15(11)20(17,18)12-6-3-7-19-12/h1-7,11H,8H2,(H2,14,16)/t11-/m0/s1. The third-order valence-corrected chi connectivity index (χ3v) is 6.46. The van der Waals surface area contributed by atoms with Crippen molar-refractivity contribution in [2.24, 2.45) is 5.73 Å². The first-order chi connectivity index (χ1) is 9.51. The van der Waals surface area contributed by atoms with Gasteiger partial charge in [0.25, 0.3) is 10.0 Å². The van der Waals surface area contributed by atoms with Crippen molar-refractivity contribution in [1.82, 2.24) is 0 Å². The molecular weight excluding hydrogens is 296 g/mol. The predicted octanol–water partition coefficient (Wildman–Crippen LogP) is 1.35. The van der Waals surface area contributed by atoms with Gasteiger partial charge in [-0.3, -0.25) is 9.10 Å². The Hall–Kier alpha value is -1.86. The van der Waals surface area contributed by atoms with Gasteiger partial charge >= 0.3 is 0 Å². The van der Waals surface area contributed by atoms with Gasteiger partial charge in [-0.25, -0.2) is 8.42 Å². The number of fused-ring (bicyclic) bond motifs is 1. The molecule has 0 fully saturated rings. The van der Waals surface area contributed by atoms with Crippen LogP contribution >= 0.6 is 11.3 Å². The van der Waals surface area contributed by atoms with Crippen molar-refractivity contribution < 1.29 is 13.2 Å². The van der Waals surface area contributed by atoms with Gasteiger partial charge in [-0.2, -0.15) is 0 Å². The highest BCUT2D eigenvalue weighted by Crippen LogP contribution is 2.37. The molecule has 3 rings (SSSR count). The fourth-order valence-corrected chi connectivity index (χ4v) is 5.12. The molecule has 0 saturated carbocycles. The second kappa shape index (κ2) is 4.60. The first kappa shape index (κ1) is 13.1. The van der Waals surface area contributed by atoms with Crippen LogP contribution in [-0.4, -0.2) is 20.4 Å². The Morgan fingerprint density at radius 2 is 2.00 bits per heavy atom. The van der Waals surface area contributed by atoms with Crippen LogP contribution in [-0.2, 0) is 21.2 Å². The summed E-state index contributed by atoms with van der Waals surface area (Å²) in [6, 6.07) is 9.41. The maximum Gasteiger partial charge on any atom is 0.274 e. The lowest BCUT2D eigenvalue weighted by molar-refractivity contribution is -0.118. The number of sulfonamides is 1. The minimum atomic E-state index is -3.75. The Balaban J connectivity index is 2.17. The third kappa shape index (κ3) is 1.90. The van der Waals surface area contributed by atoms with E-state index in [0.29, 0.717) is 12.1 Å². The van der Waals surface area contributed by atoms with E-state index in [4.69, 9.17) is 5.73 Å². The zero-order chi connectivity index (χ0) is 14.3. The predicted molar refractivity (Wildman–Crippen MR) is 77.1 cm³/mol. The zero-order valence-electron chi connectivity index (χ0n) is 10.4. The van der Waals surface area contributed by atoms with Gasteiger partial charge in [0.2, 0.25) is 5.91 Å². The van der Waals surface area contributed by atoms with Gasteiger partial charge < -0.3 is 5.73 Å². The van der Waals surface area contributed by atoms with E-state index < -0.39 is 22.0 Å². The van der Waals surface area contributed by atoms with E-state index in [2.05, 4.69) is 0 Å². The Morgan fingerprint density at radius 3 is 2.65 bits per heavy atom. The molecule has 7 heteroatoms. The molecule has 1 amide bonds. The maximum absolute atomic E-state index is 12.7. The van der Waals surface area contributed by atoms with Crippen molar-refractivity contribution >= 4 is 33.0 Å². The molecule has 1 aromatic carbocycles. The second-order valence-corrected chi connectivity index (χ2v) is 7.47. The number of hydrogen-bond acceptors (Lipinski definition) is 4. The van der Waals surface area contributed by atoms with Crippen molar-refractivity contribution in [1.29, 1.82) is 0 Å². The lowest BCUT2D eigenvalue weighted by Gasteiger charge is -2.24. The minimum absolute atomic E-state index is 0.209. The molecule has 5 nitrogen and oxygen atoms in total. The van der Waals surface area contributed by atoms with Crippen LogP contribution in [0.1, 0.15) is 5.56 Å². The molecule has 0 bridgehead atoms. The summed E-state index contributed by atoms with van der Waals surface area (Å²) in [7, 11) is -3.75. The van der Waals surface area contributed by atoms with Gasteiger partial charge in [0.15, 0.2) is 0 Å². The highest BCUT2D eigenvalue weighted by atomic mass is 32.2. The number of anilines is 1. The summed E-state index contributed by atoms with van der Waals surface area (Å²) in [4.78, 5) is 11.6. The van der Waals surface area contributed by atoms with E-state index in [9.17, 15) is 13.2 Å². The smallest absolute Gasteiger partial charge is 0.274 e. The number of rotatable bonds is 3. The fourth-order valence-electron chi connectivity index (χ4n) is 2.38. The number of carbonyl (C=O) groups is 1. The Morgan fingerprint density at radius 1 is 1.25 bits per heavy atom. The van der Waals surface area contributed by atoms with E-state index in [-0.39, 0.29) is 4.21 Å². The highest BCUT2D eigenvalue weighted by molar-refractivity contribution is 7.94. The quantitative estimate of drug-likeness (QED) is 0.929. The van der Waals surface area contributed by atoms with Crippen molar-refractivity contribution in [2.75, 3.05) is 4.31 Å². The maximum atomic E-state index is 12.7. The second-order valence-electron chi connectivity index (χ2n) is 4.48. The van der Waals surface area contributed by atoms with Crippen LogP contribution < -0.4 is 10.0 Å². The largest absolute Gasteiger partial charge is 0.368 e. The number of nitrogens with two attached hydrogens (primary N) is 1. The van der Waals surface area contributed by atoms with Crippen LogP contribution in [0.4, 0.5) is 5.69 Å². The number of carbonyl (C=O) groups excluding carboxylic acids is 1. The molecule has 1 aromatic heterocycles. The van der Waals surface area contributed by atoms with Crippen molar-refractivity contribution in [3.8, 4) is 0 Å². The van der Waals surface area contributed by atoms with Crippen LogP contribution in [0, 0.1) is 0 Å². The summed E-state index contributed by atoms with van der Waals surface area (Å²) in [5.41, 5.74) is 6.72. The Labute approximate surface area is 120 Å². The van der Waals surface area contributed by atoms with E-state index >= 15 is 0 Å². The molecule has 104 valence electrons. The number of thiophene rings is 1. The summed E-state index contributed by atoms with van der Waals surface area (Å²) in [5, 5.41) is 1.69. The SMILES string of the molecule is NC(=O)[C@@H]1Cc2ccccc2N1S(=O)(=O)c1cccs1. The molecule has 0 unspecified atom stereocenters. The minimum Gasteiger partial charge on any atom is -0.368 e. The van der Waals surface area contributed by atoms with Gasteiger partial charge in [0, 0.05) is 6.42 Å². The monoisotopic (exact) mass is 308 g/mol. The van der Waals surface area contributed by atoms with E-state index in [1.165, 1.54) is 6.07 Å². The summed E-state index contributed by atoms with van der Waals surface area (Å²) < 4.78 is 26.8. The fraction of sp³-hybridized carbons (Fsp3) is 0.154. The van der Waals surface area contributed by atoms with E-state index in [0.717, 1.165) is 21.2 Å². The van der Waals surface area contributed by atoms with Crippen LogP contribution in [0.5, 0.6) is 0 Å². The lowest BCUT2D eigenvalue weighted by atomic mass is 10.1. The molecule has 2 aromatic rings. The number of benzene rings is 1. The topological polar surface area (TPSA) is 80.5 Å². The van der Waals surface area contributed by atoms with Gasteiger partial charge in [-0.15, -0.1) is 11.3 Å². The summed E-state index contributed by atoms with van der Waals surface area (Å²) in [5.74, 6) is -0.638. The molecular formula is C13H12N2O3S2. The highest BCUT2D eigenvalue weighted by Gasteiger charge is 2.41. The van der Waals surface area contributed by atoms with Gasteiger partial charge in [-0.1, -0.05) is 24.3 Å². The molecule has 20 heavy (non-hydrogen) atoms. The number of para-hydroxylation sites is 1. The van der Waals surface area contributed by atoms with Crippen molar-refractivity contribution in [3.05, 3.63) is 47.3 Å². The summed E-state index contributed by atoms with van der Waals surface area (Å²) in [6.45, 7) is 0. The first-order valence-corrected chi connectivity index (χ1v) is 8.29. The molecule has 0 aliphatic carbocycles. The van der Waals surface area contributed by atoms with Gasteiger partial charge in [-0.05, 0) is 23.1 Å². The van der Waals surface area contributed by atoms with Gasteiger partial charge in [0.05, 0.1) is 5.69 Å². The van der Waals surface area contributed by atoms with Crippen molar-refractivity contribution in [3.63, 3.8) is 0 Å². The van der Waals surface area contributed by atoms with Crippen LogP contribution in [0.3, 0.4) is 0 Å². The average molecular weight is 308 g/mol. The zero-order valence-corrected chi connectivity index (χ0v) is 12.0. The normalized spacial score (nSPS) is 18.0. The number of primary amides is 1. The Bertz CT molecular complexity index is 754. The molecule has 1 aliphatic heterocycles. The summed E-state index contributed by atoms with van der Waals surface area (Å²) in [6.07, 6.45) is 0.316. The number of nitrogens with zero attached hydrogens (tertiary/aromatic N) is 1. The summed E-state index contributed by atoms with van der Waals surface area (Å²) >= 11 is 1.12.